The van der Waals surface area contributed by atoms with Crippen LogP contribution < -0.4 is 10.5 Å². The first-order chi connectivity index (χ1) is 7.25. The molecule has 1 aliphatic rings. The Labute approximate surface area is 95.4 Å². The van der Waals surface area contributed by atoms with Gasteiger partial charge < -0.3 is 10.5 Å². The Morgan fingerprint density at radius 3 is 2.47 bits per heavy atom. The maximum absolute atomic E-state index is 6.02. The van der Waals surface area contributed by atoms with Crippen LogP contribution in [0.2, 0.25) is 5.02 Å². The van der Waals surface area contributed by atoms with Crippen LogP contribution in [0.3, 0.4) is 0 Å². The third-order valence-corrected chi connectivity index (χ3v) is 3.16. The van der Waals surface area contributed by atoms with Gasteiger partial charge in [0, 0.05) is 6.04 Å². The van der Waals surface area contributed by atoms with E-state index >= 15 is 0 Å². The van der Waals surface area contributed by atoms with Crippen LogP contribution in [0.5, 0.6) is 5.75 Å². The number of rotatable bonds is 2. The molecule has 0 heterocycles. The average molecular weight is 226 g/mol. The highest BCUT2D eigenvalue weighted by molar-refractivity contribution is 6.32. The second kappa shape index (κ2) is 4.86. The first kappa shape index (κ1) is 10.8. The van der Waals surface area contributed by atoms with Crippen molar-refractivity contribution in [3.8, 4) is 5.75 Å². The zero-order chi connectivity index (χ0) is 10.7. The molecule has 2 N–H and O–H groups in total. The highest BCUT2D eigenvalue weighted by Gasteiger charge is 2.20. The van der Waals surface area contributed by atoms with Gasteiger partial charge in [0.25, 0.3) is 0 Å². The van der Waals surface area contributed by atoms with E-state index in [9.17, 15) is 0 Å². The lowest BCUT2D eigenvalue weighted by Gasteiger charge is -2.27. The van der Waals surface area contributed by atoms with Crippen LogP contribution >= 0.6 is 11.6 Å². The third kappa shape index (κ3) is 2.86. The Hall–Kier alpha value is -0.730. The molecule has 3 heteroatoms. The normalized spacial score (nSPS) is 26.3. The van der Waals surface area contributed by atoms with Crippen molar-refractivity contribution < 1.29 is 4.74 Å². The molecule has 15 heavy (non-hydrogen) atoms. The van der Waals surface area contributed by atoms with Gasteiger partial charge in [-0.2, -0.15) is 0 Å². The summed E-state index contributed by atoms with van der Waals surface area (Å²) < 4.78 is 5.85. The summed E-state index contributed by atoms with van der Waals surface area (Å²) in [5.74, 6) is 0.791. The number of ether oxygens (including phenoxy) is 1. The highest BCUT2D eigenvalue weighted by Crippen LogP contribution is 2.28. The second-order valence-corrected chi connectivity index (χ2v) is 4.49. The van der Waals surface area contributed by atoms with E-state index in [-0.39, 0.29) is 6.10 Å². The Balaban J connectivity index is 1.95. The number of hydrogen-bond donors (Lipinski definition) is 1. The molecule has 0 atom stereocenters. The predicted octanol–water partition coefficient (Wildman–Crippen LogP) is 2.99. The molecule has 0 saturated heterocycles. The van der Waals surface area contributed by atoms with Crippen molar-refractivity contribution in [1.29, 1.82) is 0 Å². The Bertz CT molecular complexity index is 321. The number of para-hydroxylation sites is 1. The first-order valence-corrected chi connectivity index (χ1v) is 5.80. The second-order valence-electron chi connectivity index (χ2n) is 4.09. The van der Waals surface area contributed by atoms with E-state index in [2.05, 4.69) is 0 Å². The molecule has 1 aliphatic carbocycles. The van der Waals surface area contributed by atoms with E-state index in [0.29, 0.717) is 11.1 Å². The Morgan fingerprint density at radius 2 is 1.80 bits per heavy atom. The fourth-order valence-electron chi connectivity index (χ4n) is 1.93. The van der Waals surface area contributed by atoms with E-state index in [4.69, 9.17) is 22.1 Å². The maximum atomic E-state index is 6.02. The lowest BCUT2D eigenvalue weighted by Crippen LogP contribution is -2.31. The predicted molar refractivity (Wildman–Crippen MR) is 62.3 cm³/mol. The summed E-state index contributed by atoms with van der Waals surface area (Å²) in [5, 5.41) is 0.687. The smallest absolute Gasteiger partial charge is 0.138 e. The van der Waals surface area contributed by atoms with Crippen LogP contribution in [0.15, 0.2) is 24.3 Å². The van der Waals surface area contributed by atoms with Gasteiger partial charge in [-0.3, -0.25) is 0 Å². The Morgan fingerprint density at radius 1 is 1.13 bits per heavy atom. The van der Waals surface area contributed by atoms with E-state index in [0.717, 1.165) is 31.4 Å². The molecule has 1 aromatic rings. The molecule has 0 amide bonds. The zero-order valence-corrected chi connectivity index (χ0v) is 9.41. The molecular weight excluding hydrogens is 210 g/mol. The summed E-state index contributed by atoms with van der Waals surface area (Å²) in [5.41, 5.74) is 5.84. The van der Waals surface area contributed by atoms with Crippen molar-refractivity contribution in [2.45, 2.75) is 37.8 Å². The molecule has 1 saturated carbocycles. The van der Waals surface area contributed by atoms with Gasteiger partial charge in [0.05, 0.1) is 11.1 Å². The van der Waals surface area contributed by atoms with Gasteiger partial charge in [0.2, 0.25) is 0 Å². The van der Waals surface area contributed by atoms with Gasteiger partial charge >= 0.3 is 0 Å². The molecule has 1 fully saturated rings. The molecule has 0 spiro atoms. The zero-order valence-electron chi connectivity index (χ0n) is 8.66. The van der Waals surface area contributed by atoms with Gasteiger partial charge in [-0.15, -0.1) is 0 Å². The standard InChI is InChI=1S/C12H16ClNO/c13-11-3-1-2-4-12(11)15-10-7-5-9(14)6-8-10/h1-4,9-10H,5-8,14H2. The lowest BCUT2D eigenvalue weighted by atomic mass is 9.94. The van der Waals surface area contributed by atoms with Crippen LogP contribution in [0.25, 0.3) is 0 Å². The topological polar surface area (TPSA) is 35.2 Å². The largest absolute Gasteiger partial charge is 0.489 e. The molecule has 0 radical (unpaired) electrons. The molecule has 0 unspecified atom stereocenters. The first-order valence-electron chi connectivity index (χ1n) is 5.42. The minimum Gasteiger partial charge on any atom is -0.489 e. The van der Waals surface area contributed by atoms with E-state index in [1.807, 2.05) is 24.3 Å². The monoisotopic (exact) mass is 225 g/mol. The van der Waals surface area contributed by atoms with Crippen molar-refractivity contribution in [1.82, 2.24) is 0 Å². The highest BCUT2D eigenvalue weighted by atomic mass is 35.5. The van der Waals surface area contributed by atoms with Crippen molar-refractivity contribution in [2.75, 3.05) is 0 Å². The molecule has 0 bridgehead atoms. The van der Waals surface area contributed by atoms with Crippen LogP contribution in [-0.2, 0) is 0 Å². The quantitative estimate of drug-likeness (QED) is 0.840. The summed E-state index contributed by atoms with van der Waals surface area (Å²) in [4.78, 5) is 0. The minimum atomic E-state index is 0.282. The van der Waals surface area contributed by atoms with Crippen molar-refractivity contribution in [2.24, 2.45) is 5.73 Å². The van der Waals surface area contributed by atoms with E-state index < -0.39 is 0 Å². The summed E-state index contributed by atoms with van der Waals surface area (Å²) in [7, 11) is 0. The number of halogens is 1. The third-order valence-electron chi connectivity index (χ3n) is 2.85. The van der Waals surface area contributed by atoms with Gasteiger partial charge in [0.15, 0.2) is 0 Å². The van der Waals surface area contributed by atoms with Crippen LogP contribution in [0, 0.1) is 0 Å². The average Bonchev–Trinajstić information content (AvgIpc) is 2.25. The molecule has 0 aromatic heterocycles. The van der Waals surface area contributed by atoms with Gasteiger partial charge in [0.1, 0.15) is 5.75 Å². The van der Waals surface area contributed by atoms with Gasteiger partial charge in [-0.05, 0) is 37.8 Å². The summed E-state index contributed by atoms with van der Waals surface area (Å²) >= 11 is 6.02. The van der Waals surface area contributed by atoms with Crippen molar-refractivity contribution in [3.63, 3.8) is 0 Å². The molecule has 1 aromatic carbocycles. The van der Waals surface area contributed by atoms with Crippen LogP contribution in [0.4, 0.5) is 0 Å². The number of nitrogens with two attached hydrogens (primary N) is 1. The Kier molecular flexibility index (Phi) is 3.49. The fourth-order valence-corrected chi connectivity index (χ4v) is 2.11. The molecule has 82 valence electrons. The SMILES string of the molecule is NC1CCC(Oc2ccccc2Cl)CC1. The van der Waals surface area contributed by atoms with Crippen molar-refractivity contribution >= 4 is 11.6 Å². The summed E-state index contributed by atoms with van der Waals surface area (Å²) in [6.45, 7) is 0. The van der Waals surface area contributed by atoms with Crippen LogP contribution in [-0.4, -0.2) is 12.1 Å². The van der Waals surface area contributed by atoms with Gasteiger partial charge in [-0.25, -0.2) is 0 Å². The number of benzene rings is 1. The molecule has 2 rings (SSSR count). The summed E-state index contributed by atoms with van der Waals surface area (Å²) in [6.07, 6.45) is 4.45. The fraction of sp³-hybridized carbons (Fsp3) is 0.500. The molecule has 2 nitrogen and oxygen atoms in total. The summed E-state index contributed by atoms with van der Waals surface area (Å²) in [6, 6.07) is 7.97. The van der Waals surface area contributed by atoms with Gasteiger partial charge in [-0.1, -0.05) is 23.7 Å². The van der Waals surface area contributed by atoms with Crippen LogP contribution in [0.1, 0.15) is 25.7 Å². The molecular formula is C12H16ClNO. The van der Waals surface area contributed by atoms with E-state index in [1.165, 1.54) is 0 Å². The minimum absolute atomic E-state index is 0.282. The maximum Gasteiger partial charge on any atom is 0.138 e. The molecule has 0 aliphatic heterocycles. The van der Waals surface area contributed by atoms with E-state index in [1.54, 1.807) is 0 Å². The lowest BCUT2D eigenvalue weighted by molar-refractivity contribution is 0.147. The van der Waals surface area contributed by atoms with Crippen molar-refractivity contribution in [3.05, 3.63) is 29.3 Å². The number of hydrogen-bond acceptors (Lipinski definition) is 2.